The molecule has 0 bridgehead atoms. The van der Waals surface area contributed by atoms with Gasteiger partial charge in [0.1, 0.15) is 6.61 Å². The number of phenolic OH excluding ortho intramolecular Hbond substituents is 1. The van der Waals surface area contributed by atoms with Gasteiger partial charge in [0, 0.05) is 6.08 Å². The molecule has 1 rings (SSSR count). The van der Waals surface area contributed by atoms with Gasteiger partial charge < -0.3 is 14.9 Å². The Morgan fingerprint density at radius 1 is 1.39 bits per heavy atom. The maximum atomic E-state index is 10.4. The summed E-state index contributed by atoms with van der Waals surface area (Å²) < 4.78 is 5.39. The van der Waals surface area contributed by atoms with Gasteiger partial charge in [-0.15, -0.1) is 0 Å². The van der Waals surface area contributed by atoms with Gasteiger partial charge in [0.05, 0.1) is 0 Å². The van der Waals surface area contributed by atoms with Crippen LogP contribution in [0, 0.1) is 0 Å². The second-order valence-electron chi connectivity index (χ2n) is 3.99. The van der Waals surface area contributed by atoms with Gasteiger partial charge in [0.2, 0.25) is 0 Å². The third-order valence-corrected chi connectivity index (χ3v) is 2.13. The van der Waals surface area contributed by atoms with Gasteiger partial charge in [-0.3, -0.25) is 0 Å². The Kier molecular flexibility index (Phi) is 4.99. The highest BCUT2D eigenvalue weighted by Gasteiger charge is 2.02. The number of hydrogen-bond donors (Lipinski definition) is 2. The molecule has 18 heavy (non-hydrogen) atoms. The van der Waals surface area contributed by atoms with Crippen molar-refractivity contribution in [2.75, 3.05) is 6.61 Å². The first-order chi connectivity index (χ1) is 8.49. The molecule has 0 aliphatic carbocycles. The first kappa shape index (κ1) is 13.8. The predicted octanol–water partition coefficient (Wildman–Crippen LogP) is 2.84. The van der Waals surface area contributed by atoms with E-state index < -0.39 is 5.97 Å². The number of hydrogen-bond acceptors (Lipinski definition) is 3. The van der Waals surface area contributed by atoms with Crippen LogP contribution in [0.2, 0.25) is 0 Å². The fourth-order valence-corrected chi connectivity index (χ4v) is 1.22. The Hall–Kier alpha value is -2.23. The lowest BCUT2D eigenvalue weighted by atomic mass is 10.2. The third-order valence-electron chi connectivity index (χ3n) is 2.13. The maximum Gasteiger partial charge on any atom is 0.328 e. The van der Waals surface area contributed by atoms with E-state index in [1.165, 1.54) is 12.1 Å². The lowest BCUT2D eigenvalue weighted by molar-refractivity contribution is -0.131. The fourth-order valence-electron chi connectivity index (χ4n) is 1.22. The van der Waals surface area contributed by atoms with Crippen molar-refractivity contribution in [2.45, 2.75) is 13.8 Å². The summed E-state index contributed by atoms with van der Waals surface area (Å²) >= 11 is 0. The van der Waals surface area contributed by atoms with Crippen LogP contribution < -0.4 is 4.74 Å². The van der Waals surface area contributed by atoms with Crippen molar-refractivity contribution < 1.29 is 19.7 Å². The zero-order valence-corrected chi connectivity index (χ0v) is 10.4. The lowest BCUT2D eigenvalue weighted by Gasteiger charge is -2.07. The van der Waals surface area contributed by atoms with Crippen LogP contribution in [-0.4, -0.2) is 22.8 Å². The zero-order valence-electron chi connectivity index (χ0n) is 10.4. The molecule has 0 radical (unpaired) electrons. The van der Waals surface area contributed by atoms with E-state index in [9.17, 15) is 9.90 Å². The molecule has 4 heteroatoms. The van der Waals surface area contributed by atoms with Crippen molar-refractivity contribution in [1.82, 2.24) is 0 Å². The second-order valence-corrected chi connectivity index (χ2v) is 3.99. The summed E-state index contributed by atoms with van der Waals surface area (Å²) in [4.78, 5) is 10.4. The topological polar surface area (TPSA) is 66.8 Å². The van der Waals surface area contributed by atoms with Crippen molar-refractivity contribution in [3.05, 3.63) is 41.5 Å². The number of carboxylic acid groups (broad SMARTS) is 1. The molecule has 0 spiro atoms. The highest BCUT2D eigenvalue weighted by molar-refractivity contribution is 5.85. The summed E-state index contributed by atoms with van der Waals surface area (Å²) in [5.74, 6) is -0.653. The van der Waals surface area contributed by atoms with Gasteiger partial charge in [0.25, 0.3) is 0 Å². The van der Waals surface area contributed by atoms with Crippen molar-refractivity contribution >= 4 is 12.0 Å². The minimum atomic E-state index is -1.02. The Morgan fingerprint density at radius 3 is 2.72 bits per heavy atom. The normalized spacial score (nSPS) is 10.3. The third kappa shape index (κ3) is 4.74. The van der Waals surface area contributed by atoms with Gasteiger partial charge >= 0.3 is 5.97 Å². The molecule has 1 aromatic carbocycles. The first-order valence-corrected chi connectivity index (χ1v) is 5.49. The SMILES string of the molecule is CC(C)=CCOc1cc(C=CC(=O)O)ccc1O. The first-order valence-electron chi connectivity index (χ1n) is 5.49. The van der Waals surface area contributed by atoms with E-state index in [0.29, 0.717) is 17.9 Å². The highest BCUT2D eigenvalue weighted by atomic mass is 16.5. The van der Waals surface area contributed by atoms with Crippen LogP contribution >= 0.6 is 0 Å². The smallest absolute Gasteiger partial charge is 0.328 e. The molecule has 2 N–H and O–H groups in total. The molecule has 0 aliphatic rings. The molecule has 0 fully saturated rings. The molecular formula is C14H16O4. The highest BCUT2D eigenvalue weighted by Crippen LogP contribution is 2.27. The average molecular weight is 248 g/mol. The van der Waals surface area contributed by atoms with Crippen molar-refractivity contribution in [2.24, 2.45) is 0 Å². The predicted molar refractivity (Wildman–Crippen MR) is 69.7 cm³/mol. The van der Waals surface area contributed by atoms with Gasteiger partial charge in [-0.25, -0.2) is 4.79 Å². The van der Waals surface area contributed by atoms with Gasteiger partial charge in [-0.1, -0.05) is 11.6 Å². The van der Waals surface area contributed by atoms with Crippen LogP contribution in [0.15, 0.2) is 35.9 Å². The van der Waals surface area contributed by atoms with Crippen LogP contribution in [0.4, 0.5) is 0 Å². The van der Waals surface area contributed by atoms with Crippen molar-refractivity contribution in [1.29, 1.82) is 0 Å². The van der Waals surface area contributed by atoms with Crippen molar-refractivity contribution in [3.8, 4) is 11.5 Å². The fraction of sp³-hybridized carbons (Fsp3) is 0.214. The Bertz CT molecular complexity index is 483. The molecule has 0 atom stereocenters. The number of rotatable bonds is 5. The zero-order chi connectivity index (χ0) is 13.5. The number of aromatic hydroxyl groups is 1. The molecule has 0 heterocycles. The van der Waals surface area contributed by atoms with E-state index in [1.807, 2.05) is 19.9 Å². The Morgan fingerprint density at radius 2 is 2.11 bits per heavy atom. The number of benzene rings is 1. The van der Waals surface area contributed by atoms with Crippen LogP contribution in [0.1, 0.15) is 19.4 Å². The van der Waals surface area contributed by atoms with E-state index in [4.69, 9.17) is 9.84 Å². The van der Waals surface area contributed by atoms with Gasteiger partial charge in [-0.2, -0.15) is 0 Å². The van der Waals surface area contributed by atoms with E-state index >= 15 is 0 Å². The summed E-state index contributed by atoms with van der Waals surface area (Å²) in [6.07, 6.45) is 4.36. The summed E-state index contributed by atoms with van der Waals surface area (Å²) in [5, 5.41) is 18.1. The standard InChI is InChI=1S/C14H16O4/c1-10(2)7-8-18-13-9-11(3-5-12(13)15)4-6-14(16)17/h3-7,9,15H,8H2,1-2H3,(H,16,17). The van der Waals surface area contributed by atoms with E-state index in [2.05, 4.69) is 0 Å². The number of allylic oxidation sites excluding steroid dienone is 1. The van der Waals surface area contributed by atoms with Crippen LogP contribution in [0.5, 0.6) is 11.5 Å². The summed E-state index contributed by atoms with van der Waals surface area (Å²) in [7, 11) is 0. The average Bonchev–Trinajstić information content (AvgIpc) is 2.29. The van der Waals surface area contributed by atoms with E-state index in [0.717, 1.165) is 11.6 Å². The van der Waals surface area contributed by atoms with Gasteiger partial charge in [0.15, 0.2) is 11.5 Å². The largest absolute Gasteiger partial charge is 0.504 e. The molecule has 1 aromatic rings. The number of phenols is 1. The molecule has 4 nitrogen and oxygen atoms in total. The minimum Gasteiger partial charge on any atom is -0.504 e. The van der Waals surface area contributed by atoms with E-state index in [-0.39, 0.29) is 5.75 Å². The molecule has 96 valence electrons. The molecule has 0 saturated heterocycles. The second kappa shape index (κ2) is 6.49. The number of aliphatic carboxylic acids is 1. The molecular weight excluding hydrogens is 232 g/mol. The summed E-state index contributed by atoms with van der Waals surface area (Å²) in [6, 6.07) is 4.68. The molecule has 0 aliphatic heterocycles. The molecule has 0 saturated carbocycles. The monoisotopic (exact) mass is 248 g/mol. The van der Waals surface area contributed by atoms with Crippen LogP contribution in [-0.2, 0) is 4.79 Å². The van der Waals surface area contributed by atoms with Crippen molar-refractivity contribution in [3.63, 3.8) is 0 Å². The molecule has 0 amide bonds. The van der Waals surface area contributed by atoms with Crippen LogP contribution in [0.3, 0.4) is 0 Å². The lowest BCUT2D eigenvalue weighted by Crippen LogP contribution is -1.95. The number of ether oxygens (including phenoxy) is 1. The van der Waals surface area contributed by atoms with Crippen LogP contribution in [0.25, 0.3) is 6.08 Å². The Balaban J connectivity index is 2.81. The minimum absolute atomic E-state index is 0.0321. The summed E-state index contributed by atoms with van der Waals surface area (Å²) in [5.41, 5.74) is 1.78. The van der Waals surface area contributed by atoms with Gasteiger partial charge in [-0.05, 0) is 43.7 Å². The molecule has 0 unspecified atom stereocenters. The molecule has 0 aromatic heterocycles. The summed E-state index contributed by atoms with van der Waals surface area (Å²) in [6.45, 7) is 4.27. The number of carboxylic acids is 1. The quantitative estimate of drug-likeness (QED) is 0.621. The Labute approximate surface area is 106 Å². The maximum absolute atomic E-state index is 10.4. The van der Waals surface area contributed by atoms with E-state index in [1.54, 1.807) is 12.1 Å². The number of carbonyl (C=O) groups is 1.